The van der Waals surface area contributed by atoms with Crippen molar-refractivity contribution in [1.29, 1.82) is 0 Å². The predicted molar refractivity (Wildman–Crippen MR) is 55.7 cm³/mol. The maximum Gasteiger partial charge on any atom is 0.138 e. The lowest BCUT2D eigenvalue weighted by Gasteiger charge is -1.94. The fraction of sp³-hybridized carbons (Fsp3) is 0.364. The highest BCUT2D eigenvalue weighted by Gasteiger charge is 2.02. The number of Topliss-reactive ketones (excluding diaryl/α,β-unsaturated/α-hetero) is 1. The summed E-state index contributed by atoms with van der Waals surface area (Å²) in [5.74, 6) is 5.95. The monoisotopic (exact) mass is 192 g/mol. The van der Waals surface area contributed by atoms with Gasteiger partial charge in [0.25, 0.3) is 0 Å². The Kier molecular flexibility index (Phi) is 4.28. The lowest BCUT2D eigenvalue weighted by Crippen LogP contribution is -2.00. The van der Waals surface area contributed by atoms with E-state index < -0.39 is 0 Å². The topological polar surface area (TPSA) is 17.1 Å². The van der Waals surface area contributed by atoms with Crippen molar-refractivity contribution >= 4 is 17.1 Å². The average molecular weight is 192 g/mol. The van der Waals surface area contributed by atoms with Crippen LogP contribution in [0.2, 0.25) is 0 Å². The molecule has 0 fully saturated rings. The summed E-state index contributed by atoms with van der Waals surface area (Å²) in [5.41, 5.74) is 1.12. The van der Waals surface area contributed by atoms with Crippen molar-refractivity contribution in [3.05, 3.63) is 22.4 Å². The molecule has 0 aliphatic rings. The van der Waals surface area contributed by atoms with Gasteiger partial charge in [-0.2, -0.15) is 11.3 Å². The van der Waals surface area contributed by atoms with E-state index in [1.165, 1.54) is 0 Å². The standard InChI is InChI=1S/C11H12OS/c1-2-3-4-5-11(12)8-10-6-7-13-9-10/h6-7,9H,4-5,8H2,1H3. The molecule has 0 N–H and O–H groups in total. The van der Waals surface area contributed by atoms with Gasteiger partial charge in [-0.05, 0) is 29.3 Å². The van der Waals surface area contributed by atoms with Gasteiger partial charge < -0.3 is 0 Å². The minimum atomic E-state index is 0.279. The van der Waals surface area contributed by atoms with Crippen LogP contribution in [0.1, 0.15) is 25.3 Å². The highest BCUT2D eigenvalue weighted by Crippen LogP contribution is 2.08. The summed E-state index contributed by atoms with van der Waals surface area (Å²) in [6.45, 7) is 1.79. The number of hydrogen-bond acceptors (Lipinski definition) is 2. The van der Waals surface area contributed by atoms with Gasteiger partial charge in [0.15, 0.2) is 0 Å². The first kappa shape index (κ1) is 10.0. The molecule has 1 nitrogen and oxygen atoms in total. The molecule has 1 heterocycles. The normalized spacial score (nSPS) is 9.00. The first-order valence-corrected chi connectivity index (χ1v) is 5.19. The molecule has 68 valence electrons. The van der Waals surface area contributed by atoms with E-state index in [-0.39, 0.29) is 5.78 Å². The van der Waals surface area contributed by atoms with Crippen molar-refractivity contribution < 1.29 is 4.79 Å². The van der Waals surface area contributed by atoms with Crippen LogP contribution in [-0.4, -0.2) is 5.78 Å². The van der Waals surface area contributed by atoms with Gasteiger partial charge in [0.2, 0.25) is 0 Å². The minimum Gasteiger partial charge on any atom is -0.299 e. The zero-order valence-electron chi connectivity index (χ0n) is 7.67. The largest absolute Gasteiger partial charge is 0.299 e. The van der Waals surface area contributed by atoms with Crippen molar-refractivity contribution in [2.24, 2.45) is 0 Å². The van der Waals surface area contributed by atoms with Gasteiger partial charge in [-0.1, -0.05) is 0 Å². The van der Waals surface area contributed by atoms with Crippen LogP contribution in [0.5, 0.6) is 0 Å². The molecular formula is C11H12OS. The van der Waals surface area contributed by atoms with Gasteiger partial charge in [-0.25, -0.2) is 0 Å². The Labute approximate surface area is 82.8 Å². The molecule has 0 atom stereocenters. The van der Waals surface area contributed by atoms with E-state index in [1.54, 1.807) is 18.3 Å². The molecule has 0 spiro atoms. The molecular weight excluding hydrogens is 180 g/mol. The molecule has 0 amide bonds. The SMILES string of the molecule is CC#CCCC(=O)Cc1ccsc1. The number of hydrogen-bond donors (Lipinski definition) is 0. The third-order valence-electron chi connectivity index (χ3n) is 1.69. The van der Waals surface area contributed by atoms with E-state index in [0.29, 0.717) is 19.3 Å². The van der Waals surface area contributed by atoms with E-state index in [9.17, 15) is 4.79 Å². The van der Waals surface area contributed by atoms with Crippen molar-refractivity contribution in [1.82, 2.24) is 0 Å². The Hall–Kier alpha value is -1.07. The molecule has 0 radical (unpaired) electrons. The van der Waals surface area contributed by atoms with Gasteiger partial charge >= 0.3 is 0 Å². The molecule has 0 aliphatic carbocycles. The zero-order valence-corrected chi connectivity index (χ0v) is 8.49. The van der Waals surface area contributed by atoms with Gasteiger partial charge in [-0.3, -0.25) is 4.79 Å². The fourth-order valence-electron chi connectivity index (χ4n) is 1.04. The molecule has 13 heavy (non-hydrogen) atoms. The van der Waals surface area contributed by atoms with Crippen molar-refractivity contribution in [3.63, 3.8) is 0 Å². The lowest BCUT2D eigenvalue weighted by molar-refractivity contribution is -0.118. The first-order valence-electron chi connectivity index (χ1n) is 4.25. The summed E-state index contributed by atoms with van der Waals surface area (Å²) in [4.78, 5) is 11.3. The van der Waals surface area contributed by atoms with E-state index >= 15 is 0 Å². The van der Waals surface area contributed by atoms with Crippen LogP contribution >= 0.6 is 11.3 Å². The van der Waals surface area contributed by atoms with Gasteiger partial charge in [0.05, 0.1) is 0 Å². The summed E-state index contributed by atoms with van der Waals surface area (Å²) in [5, 5.41) is 4.01. The van der Waals surface area contributed by atoms with Crippen LogP contribution in [0.3, 0.4) is 0 Å². The highest BCUT2D eigenvalue weighted by atomic mass is 32.1. The van der Waals surface area contributed by atoms with Gasteiger partial charge in [-0.15, -0.1) is 11.8 Å². The van der Waals surface area contributed by atoms with Crippen LogP contribution in [0.4, 0.5) is 0 Å². The molecule has 1 aromatic rings. The highest BCUT2D eigenvalue weighted by molar-refractivity contribution is 7.07. The molecule has 0 unspecified atom stereocenters. The number of thiophene rings is 1. The smallest absolute Gasteiger partial charge is 0.138 e. The average Bonchev–Trinajstić information content (AvgIpc) is 2.57. The number of carbonyl (C=O) groups is 1. The summed E-state index contributed by atoms with van der Waals surface area (Å²) < 4.78 is 0. The lowest BCUT2D eigenvalue weighted by atomic mass is 10.1. The third kappa shape index (κ3) is 3.91. The number of carbonyl (C=O) groups excluding carboxylic acids is 1. The fourth-order valence-corrected chi connectivity index (χ4v) is 1.70. The Morgan fingerprint density at radius 3 is 3.08 bits per heavy atom. The molecule has 0 aliphatic heterocycles. The molecule has 0 bridgehead atoms. The zero-order chi connectivity index (χ0) is 9.52. The second-order valence-corrected chi connectivity index (χ2v) is 3.55. The first-order chi connectivity index (χ1) is 6.33. The van der Waals surface area contributed by atoms with Crippen LogP contribution in [0.25, 0.3) is 0 Å². The predicted octanol–water partition coefficient (Wildman–Crippen LogP) is 2.66. The second kappa shape index (κ2) is 5.55. The summed E-state index contributed by atoms with van der Waals surface area (Å²) >= 11 is 1.63. The molecule has 0 saturated carbocycles. The Morgan fingerprint density at radius 2 is 2.46 bits per heavy atom. The van der Waals surface area contributed by atoms with E-state index in [1.807, 2.05) is 16.8 Å². The van der Waals surface area contributed by atoms with Gasteiger partial charge in [0.1, 0.15) is 5.78 Å². The Bertz CT molecular complexity index is 314. The van der Waals surface area contributed by atoms with Crippen LogP contribution in [0, 0.1) is 11.8 Å². The van der Waals surface area contributed by atoms with E-state index in [2.05, 4.69) is 11.8 Å². The third-order valence-corrected chi connectivity index (χ3v) is 2.42. The Morgan fingerprint density at radius 1 is 1.62 bits per heavy atom. The van der Waals surface area contributed by atoms with E-state index in [0.717, 1.165) is 5.56 Å². The second-order valence-electron chi connectivity index (χ2n) is 2.77. The molecule has 1 aromatic heterocycles. The number of ketones is 1. The van der Waals surface area contributed by atoms with Crippen molar-refractivity contribution in [2.45, 2.75) is 26.2 Å². The van der Waals surface area contributed by atoms with Crippen LogP contribution in [-0.2, 0) is 11.2 Å². The van der Waals surface area contributed by atoms with Crippen LogP contribution < -0.4 is 0 Å². The Balaban J connectivity index is 2.28. The summed E-state index contributed by atoms with van der Waals surface area (Å²) in [6, 6.07) is 1.99. The molecule has 0 aromatic carbocycles. The van der Waals surface area contributed by atoms with Crippen molar-refractivity contribution in [2.75, 3.05) is 0 Å². The maximum absolute atomic E-state index is 11.3. The minimum absolute atomic E-state index is 0.279. The van der Waals surface area contributed by atoms with E-state index in [4.69, 9.17) is 0 Å². The molecule has 2 heteroatoms. The quantitative estimate of drug-likeness (QED) is 0.670. The van der Waals surface area contributed by atoms with Gasteiger partial charge in [0, 0.05) is 19.3 Å². The maximum atomic E-state index is 11.3. The number of rotatable bonds is 4. The van der Waals surface area contributed by atoms with Crippen molar-refractivity contribution in [3.8, 4) is 11.8 Å². The summed E-state index contributed by atoms with van der Waals surface area (Å²) in [7, 11) is 0. The van der Waals surface area contributed by atoms with Crippen LogP contribution in [0.15, 0.2) is 16.8 Å². The molecule has 0 saturated heterocycles. The summed E-state index contributed by atoms with van der Waals surface area (Å²) in [6.07, 6.45) is 1.84. The molecule has 1 rings (SSSR count).